The van der Waals surface area contributed by atoms with Gasteiger partial charge in [0.2, 0.25) is 0 Å². The van der Waals surface area contributed by atoms with Gasteiger partial charge in [-0.1, -0.05) is 6.92 Å². The molecule has 1 unspecified atom stereocenters. The molecule has 1 atom stereocenters. The van der Waals surface area contributed by atoms with Crippen LogP contribution in [0.15, 0.2) is 11.1 Å². The van der Waals surface area contributed by atoms with E-state index in [9.17, 15) is 9.59 Å². The van der Waals surface area contributed by atoms with Crippen molar-refractivity contribution < 1.29 is 4.79 Å². The van der Waals surface area contributed by atoms with Crippen LogP contribution in [0.1, 0.15) is 54.4 Å². The number of thiophene rings is 1. The summed E-state index contributed by atoms with van der Waals surface area (Å²) in [5.41, 5.74) is 1.08. The summed E-state index contributed by atoms with van der Waals surface area (Å²) in [6, 6.07) is 0.410. The second-order valence-electron chi connectivity index (χ2n) is 5.68. The Labute approximate surface area is 127 Å². The highest BCUT2D eigenvalue weighted by Gasteiger charge is 2.27. The highest BCUT2D eigenvalue weighted by atomic mass is 32.1. The number of hydrogen-bond donors (Lipinski definition) is 1. The molecule has 21 heavy (non-hydrogen) atoms. The van der Waals surface area contributed by atoms with Crippen LogP contribution in [0, 0.1) is 6.92 Å². The molecule has 112 valence electrons. The lowest BCUT2D eigenvalue weighted by atomic mass is 10.2. The van der Waals surface area contributed by atoms with E-state index in [1.54, 1.807) is 10.9 Å². The van der Waals surface area contributed by atoms with Crippen LogP contribution in [0.5, 0.6) is 0 Å². The molecule has 1 saturated carbocycles. The van der Waals surface area contributed by atoms with Crippen molar-refractivity contribution in [2.75, 3.05) is 0 Å². The van der Waals surface area contributed by atoms with Crippen LogP contribution in [0.25, 0.3) is 10.2 Å². The fourth-order valence-electron chi connectivity index (χ4n) is 2.37. The van der Waals surface area contributed by atoms with Gasteiger partial charge in [-0.2, -0.15) is 0 Å². The first-order valence-corrected chi connectivity index (χ1v) is 8.15. The Hall–Kier alpha value is -1.69. The van der Waals surface area contributed by atoms with Gasteiger partial charge >= 0.3 is 0 Å². The number of carbonyl (C=O) groups excluding carboxylic acids is 1. The summed E-state index contributed by atoms with van der Waals surface area (Å²) in [6.45, 7) is 5.87. The highest BCUT2D eigenvalue weighted by Crippen LogP contribution is 2.34. The molecular formula is C15H19N3O2S. The minimum atomic E-state index is -0.135. The maximum atomic E-state index is 12.5. The minimum absolute atomic E-state index is 0.0156. The number of carbonyl (C=O) groups is 1. The van der Waals surface area contributed by atoms with E-state index in [0.717, 1.165) is 24.1 Å². The average molecular weight is 305 g/mol. The fraction of sp³-hybridized carbons (Fsp3) is 0.533. The van der Waals surface area contributed by atoms with Gasteiger partial charge in [0.25, 0.3) is 11.5 Å². The van der Waals surface area contributed by atoms with E-state index in [2.05, 4.69) is 10.3 Å². The zero-order valence-corrected chi connectivity index (χ0v) is 13.3. The number of aromatic nitrogens is 2. The third-order valence-corrected chi connectivity index (χ3v) is 5.04. The van der Waals surface area contributed by atoms with Crippen molar-refractivity contribution in [2.24, 2.45) is 0 Å². The second kappa shape index (κ2) is 5.26. The average Bonchev–Trinajstić information content (AvgIpc) is 3.21. The molecule has 1 amide bonds. The summed E-state index contributed by atoms with van der Waals surface area (Å²) in [7, 11) is 0. The normalized spacial score (nSPS) is 16.1. The quantitative estimate of drug-likeness (QED) is 0.944. The van der Waals surface area contributed by atoms with Crippen molar-refractivity contribution in [2.45, 2.75) is 52.1 Å². The maximum absolute atomic E-state index is 12.5. The summed E-state index contributed by atoms with van der Waals surface area (Å²) in [5.74, 6) is -0.135. The molecule has 1 N–H and O–H groups in total. The molecule has 3 rings (SSSR count). The minimum Gasteiger partial charge on any atom is -0.349 e. The molecule has 0 bridgehead atoms. The Morgan fingerprint density at radius 3 is 2.90 bits per heavy atom. The van der Waals surface area contributed by atoms with Crippen molar-refractivity contribution in [3.63, 3.8) is 0 Å². The Kier molecular flexibility index (Phi) is 3.57. The number of rotatable bonds is 4. The van der Waals surface area contributed by atoms with Gasteiger partial charge in [0.15, 0.2) is 0 Å². The summed E-state index contributed by atoms with van der Waals surface area (Å²) in [6.07, 6.45) is 4.54. The van der Waals surface area contributed by atoms with Crippen molar-refractivity contribution in [3.05, 3.63) is 27.1 Å². The first-order valence-electron chi connectivity index (χ1n) is 7.34. The van der Waals surface area contributed by atoms with E-state index in [1.165, 1.54) is 11.3 Å². The number of hydrogen-bond acceptors (Lipinski definition) is 4. The van der Waals surface area contributed by atoms with Crippen molar-refractivity contribution in [1.82, 2.24) is 14.9 Å². The van der Waals surface area contributed by atoms with Gasteiger partial charge in [0, 0.05) is 17.0 Å². The first-order chi connectivity index (χ1) is 10.0. The Morgan fingerprint density at radius 2 is 2.29 bits per heavy atom. The molecule has 1 aliphatic carbocycles. The van der Waals surface area contributed by atoms with Crippen LogP contribution in [-0.2, 0) is 0 Å². The second-order valence-corrected chi connectivity index (χ2v) is 6.91. The maximum Gasteiger partial charge on any atom is 0.271 e. The zero-order valence-electron chi connectivity index (χ0n) is 12.5. The van der Waals surface area contributed by atoms with Gasteiger partial charge in [-0.25, -0.2) is 4.98 Å². The molecule has 0 aromatic carbocycles. The highest BCUT2D eigenvalue weighted by molar-refractivity contribution is 7.19. The standard InChI is InChI=1S/C15H19N3O2S/c1-4-8(2)17-14(19)11-9(3)21-13-12(11)16-7-18(15(13)20)10-5-6-10/h7-8,10H,4-6H2,1-3H3,(H,17,19). The number of aryl methyl sites for hydroxylation is 1. The van der Waals surface area contributed by atoms with Crippen LogP contribution >= 0.6 is 11.3 Å². The summed E-state index contributed by atoms with van der Waals surface area (Å²) in [4.78, 5) is 30.1. The Morgan fingerprint density at radius 1 is 1.57 bits per heavy atom. The van der Waals surface area contributed by atoms with Crippen LogP contribution in [-0.4, -0.2) is 21.5 Å². The molecule has 2 aromatic rings. The monoisotopic (exact) mass is 305 g/mol. The summed E-state index contributed by atoms with van der Waals surface area (Å²) >= 11 is 1.37. The van der Waals surface area contributed by atoms with E-state index in [0.29, 0.717) is 21.8 Å². The third-order valence-electron chi connectivity index (χ3n) is 3.96. The number of nitrogens with one attached hydrogen (secondary N) is 1. The van der Waals surface area contributed by atoms with Crippen molar-refractivity contribution in [1.29, 1.82) is 0 Å². The first kappa shape index (κ1) is 14.3. The molecule has 2 heterocycles. The van der Waals surface area contributed by atoms with Gasteiger partial charge in [-0.3, -0.25) is 14.2 Å². The number of fused-ring (bicyclic) bond motifs is 1. The van der Waals surface area contributed by atoms with Crippen molar-refractivity contribution >= 4 is 27.5 Å². The Balaban J connectivity index is 2.07. The van der Waals surface area contributed by atoms with Crippen molar-refractivity contribution in [3.8, 4) is 0 Å². The summed E-state index contributed by atoms with van der Waals surface area (Å²) in [5, 5.41) is 2.95. The van der Waals surface area contributed by atoms with Crippen LogP contribution < -0.4 is 10.9 Å². The van der Waals surface area contributed by atoms with Crippen LogP contribution in [0.4, 0.5) is 0 Å². The molecule has 0 saturated heterocycles. The van der Waals surface area contributed by atoms with E-state index in [4.69, 9.17) is 0 Å². The van der Waals surface area contributed by atoms with Crippen LogP contribution in [0.3, 0.4) is 0 Å². The van der Waals surface area contributed by atoms with Gasteiger partial charge in [-0.05, 0) is 33.1 Å². The molecular weight excluding hydrogens is 286 g/mol. The molecule has 1 fully saturated rings. The predicted octanol–water partition coefficient (Wildman–Crippen LogP) is 2.63. The lowest BCUT2D eigenvalue weighted by Crippen LogP contribution is -2.32. The molecule has 0 spiro atoms. The third kappa shape index (κ3) is 2.48. The lowest BCUT2D eigenvalue weighted by molar-refractivity contribution is 0.0940. The smallest absolute Gasteiger partial charge is 0.271 e. The lowest BCUT2D eigenvalue weighted by Gasteiger charge is -2.11. The Bertz CT molecular complexity index is 758. The zero-order chi connectivity index (χ0) is 15.1. The van der Waals surface area contributed by atoms with Gasteiger partial charge in [0.05, 0.1) is 11.9 Å². The van der Waals surface area contributed by atoms with Gasteiger partial charge in [-0.15, -0.1) is 11.3 Å². The largest absolute Gasteiger partial charge is 0.349 e. The van der Waals surface area contributed by atoms with E-state index in [-0.39, 0.29) is 17.5 Å². The molecule has 1 aliphatic rings. The van der Waals surface area contributed by atoms with E-state index >= 15 is 0 Å². The molecule has 5 nitrogen and oxygen atoms in total. The predicted molar refractivity (Wildman–Crippen MR) is 84.1 cm³/mol. The number of nitrogens with zero attached hydrogens (tertiary/aromatic N) is 2. The van der Waals surface area contributed by atoms with Crippen LogP contribution in [0.2, 0.25) is 0 Å². The van der Waals surface area contributed by atoms with Gasteiger partial charge < -0.3 is 5.32 Å². The number of amides is 1. The summed E-state index contributed by atoms with van der Waals surface area (Å²) < 4.78 is 2.30. The molecule has 0 aliphatic heterocycles. The van der Waals surface area contributed by atoms with Gasteiger partial charge in [0.1, 0.15) is 10.2 Å². The van der Waals surface area contributed by atoms with E-state index < -0.39 is 0 Å². The molecule has 0 radical (unpaired) electrons. The molecule has 6 heteroatoms. The topological polar surface area (TPSA) is 64.0 Å². The SMILES string of the molecule is CCC(C)NC(=O)c1c(C)sc2c(=O)n(C3CC3)cnc12. The van der Waals surface area contributed by atoms with E-state index in [1.807, 2.05) is 20.8 Å². The fourth-order valence-corrected chi connectivity index (χ4v) is 3.41. The molecule has 2 aromatic heterocycles.